The van der Waals surface area contributed by atoms with Gasteiger partial charge in [-0.3, -0.25) is 14.2 Å². The van der Waals surface area contributed by atoms with Gasteiger partial charge in [0.15, 0.2) is 0 Å². The van der Waals surface area contributed by atoms with E-state index in [-0.39, 0.29) is 36.8 Å². The molecule has 2 aromatic rings. The molecule has 0 radical (unpaired) electrons. The third-order valence-corrected chi connectivity index (χ3v) is 5.61. The highest BCUT2D eigenvalue weighted by atomic mass is 19.3. The van der Waals surface area contributed by atoms with Gasteiger partial charge in [0.2, 0.25) is 11.8 Å². The Morgan fingerprint density at radius 2 is 1.88 bits per heavy atom. The first-order valence-electron chi connectivity index (χ1n) is 9.07. The molecule has 1 amide bonds. The number of nitrogens with zero attached hydrogens (tertiary/aromatic N) is 3. The van der Waals surface area contributed by atoms with Crippen molar-refractivity contribution >= 4 is 16.8 Å². The van der Waals surface area contributed by atoms with E-state index in [1.807, 2.05) is 12.1 Å². The molecule has 26 heavy (non-hydrogen) atoms. The molecule has 1 aromatic carbocycles. The van der Waals surface area contributed by atoms with Crippen molar-refractivity contribution in [2.75, 3.05) is 13.1 Å². The maximum atomic E-state index is 13.4. The summed E-state index contributed by atoms with van der Waals surface area (Å²) >= 11 is 0. The van der Waals surface area contributed by atoms with Crippen molar-refractivity contribution in [1.29, 1.82) is 0 Å². The minimum atomic E-state index is -2.71. The highest BCUT2D eigenvalue weighted by molar-refractivity contribution is 5.79. The second-order valence-corrected chi connectivity index (χ2v) is 7.33. The normalized spacial score (nSPS) is 23.5. The molecule has 0 N–H and O–H groups in total. The van der Waals surface area contributed by atoms with Crippen molar-refractivity contribution in [1.82, 2.24) is 14.5 Å². The Morgan fingerprint density at radius 1 is 1.15 bits per heavy atom. The van der Waals surface area contributed by atoms with Crippen molar-refractivity contribution in [3.8, 4) is 0 Å². The summed E-state index contributed by atoms with van der Waals surface area (Å²) in [5.74, 6) is -3.43. The number of likely N-dealkylation sites (tertiary alicyclic amines) is 1. The summed E-state index contributed by atoms with van der Waals surface area (Å²) in [5.41, 5.74) is 0.597. The van der Waals surface area contributed by atoms with E-state index in [9.17, 15) is 18.4 Å². The van der Waals surface area contributed by atoms with E-state index in [4.69, 9.17) is 0 Å². The molecule has 7 heteroatoms. The van der Waals surface area contributed by atoms with Crippen LogP contribution in [0.3, 0.4) is 0 Å². The number of halogens is 2. The Balaban J connectivity index is 1.45. The summed E-state index contributed by atoms with van der Waals surface area (Å²) in [6.45, 7) is 0.982. The molecule has 4 rings (SSSR count). The second-order valence-electron chi connectivity index (χ2n) is 7.33. The molecule has 2 heterocycles. The minimum Gasteiger partial charge on any atom is -0.342 e. The molecule has 2 fully saturated rings. The summed E-state index contributed by atoms with van der Waals surface area (Å²) in [7, 11) is 0. The maximum absolute atomic E-state index is 13.4. The monoisotopic (exact) mass is 361 g/mol. The lowest BCUT2D eigenvalue weighted by Gasteiger charge is -2.34. The number of hydrogen-bond donors (Lipinski definition) is 0. The number of carbonyl (C=O) groups is 1. The number of amides is 1. The van der Waals surface area contributed by atoms with E-state index < -0.39 is 11.8 Å². The van der Waals surface area contributed by atoms with Gasteiger partial charge < -0.3 is 4.90 Å². The summed E-state index contributed by atoms with van der Waals surface area (Å²) in [4.78, 5) is 31.2. The first-order chi connectivity index (χ1) is 12.4. The van der Waals surface area contributed by atoms with Gasteiger partial charge in [0.05, 0.1) is 17.2 Å². The molecule has 1 saturated carbocycles. The molecule has 1 unspecified atom stereocenters. The van der Waals surface area contributed by atoms with Gasteiger partial charge in [0.25, 0.3) is 5.56 Å². The van der Waals surface area contributed by atoms with Crippen molar-refractivity contribution in [3.63, 3.8) is 0 Å². The molecular weight excluding hydrogens is 340 g/mol. The SMILES string of the molecule is O=C(C1CCC(F)(F)C1)N1CCC(n2cnc3ccccc3c2=O)CC1. The van der Waals surface area contributed by atoms with Crippen LogP contribution >= 0.6 is 0 Å². The Hall–Kier alpha value is -2.31. The van der Waals surface area contributed by atoms with Gasteiger partial charge in [0, 0.05) is 37.9 Å². The highest BCUT2D eigenvalue weighted by Crippen LogP contribution is 2.40. The van der Waals surface area contributed by atoms with Crippen LogP contribution in [0.1, 0.15) is 38.1 Å². The number of fused-ring (bicyclic) bond motifs is 1. The molecule has 5 nitrogen and oxygen atoms in total. The number of benzene rings is 1. The van der Waals surface area contributed by atoms with Crippen LogP contribution in [-0.4, -0.2) is 39.4 Å². The molecule has 0 bridgehead atoms. The number of aromatic nitrogens is 2. The summed E-state index contributed by atoms with van der Waals surface area (Å²) in [5, 5.41) is 0.585. The summed E-state index contributed by atoms with van der Waals surface area (Å²) in [6, 6.07) is 7.21. The average Bonchev–Trinajstić information content (AvgIpc) is 3.02. The van der Waals surface area contributed by atoms with Crippen LogP contribution in [0.4, 0.5) is 8.78 Å². The number of para-hydroxylation sites is 1. The maximum Gasteiger partial charge on any atom is 0.261 e. The smallest absolute Gasteiger partial charge is 0.261 e. The second kappa shape index (κ2) is 6.45. The molecule has 1 saturated heterocycles. The van der Waals surface area contributed by atoms with Crippen molar-refractivity contribution < 1.29 is 13.6 Å². The van der Waals surface area contributed by atoms with Gasteiger partial charge in [-0.15, -0.1) is 0 Å². The quantitative estimate of drug-likeness (QED) is 0.826. The van der Waals surface area contributed by atoms with E-state index in [0.717, 1.165) is 0 Å². The Morgan fingerprint density at radius 3 is 2.58 bits per heavy atom. The predicted octanol–water partition coefficient (Wildman–Crippen LogP) is 3.00. The molecule has 1 aliphatic heterocycles. The third-order valence-electron chi connectivity index (χ3n) is 5.61. The van der Waals surface area contributed by atoms with Gasteiger partial charge in [-0.1, -0.05) is 12.1 Å². The largest absolute Gasteiger partial charge is 0.342 e. The van der Waals surface area contributed by atoms with E-state index in [1.165, 1.54) is 0 Å². The first kappa shape index (κ1) is 17.1. The number of piperidine rings is 1. The summed E-state index contributed by atoms with van der Waals surface area (Å²) in [6.07, 6.45) is 2.57. The number of alkyl halides is 2. The highest BCUT2D eigenvalue weighted by Gasteiger charge is 2.44. The standard InChI is InChI=1S/C19H21F2N3O2/c20-19(21)8-5-13(11-19)17(25)23-9-6-14(7-10-23)24-12-22-16-4-2-1-3-15(16)18(24)26/h1-4,12-14H,5-11H2. The van der Waals surface area contributed by atoms with Gasteiger partial charge in [-0.2, -0.15) is 0 Å². The van der Waals surface area contributed by atoms with Gasteiger partial charge >= 0.3 is 0 Å². The third kappa shape index (κ3) is 3.10. The van der Waals surface area contributed by atoms with Crippen LogP contribution in [0.5, 0.6) is 0 Å². The number of hydrogen-bond acceptors (Lipinski definition) is 3. The zero-order valence-electron chi connectivity index (χ0n) is 14.4. The zero-order chi connectivity index (χ0) is 18.3. The van der Waals surface area contributed by atoms with Crippen LogP contribution in [0.2, 0.25) is 0 Å². The van der Waals surface area contributed by atoms with Crippen molar-refractivity contribution in [3.05, 3.63) is 40.9 Å². The van der Waals surface area contributed by atoms with Crippen LogP contribution in [0, 0.1) is 5.92 Å². The van der Waals surface area contributed by atoms with E-state index in [0.29, 0.717) is 36.8 Å². The first-order valence-corrected chi connectivity index (χ1v) is 9.07. The lowest BCUT2D eigenvalue weighted by atomic mass is 10.0. The van der Waals surface area contributed by atoms with Crippen molar-refractivity contribution in [2.45, 2.75) is 44.1 Å². The Labute approximate surface area is 149 Å². The molecule has 138 valence electrons. The zero-order valence-corrected chi connectivity index (χ0v) is 14.4. The fourth-order valence-electron chi connectivity index (χ4n) is 4.13. The fraction of sp³-hybridized carbons (Fsp3) is 0.526. The lowest BCUT2D eigenvalue weighted by Crippen LogP contribution is -2.43. The number of rotatable bonds is 2. The number of carbonyl (C=O) groups excluding carboxylic acids is 1. The van der Waals surface area contributed by atoms with Crippen LogP contribution in [-0.2, 0) is 4.79 Å². The average molecular weight is 361 g/mol. The van der Waals surface area contributed by atoms with E-state index >= 15 is 0 Å². The molecule has 0 spiro atoms. The Bertz CT molecular complexity index is 888. The van der Waals surface area contributed by atoms with Gasteiger partial charge in [-0.25, -0.2) is 13.8 Å². The van der Waals surface area contributed by atoms with Gasteiger partial charge in [-0.05, 0) is 31.4 Å². The van der Waals surface area contributed by atoms with Crippen molar-refractivity contribution in [2.24, 2.45) is 5.92 Å². The minimum absolute atomic E-state index is 0.0197. The van der Waals surface area contributed by atoms with E-state index in [2.05, 4.69) is 4.98 Å². The topological polar surface area (TPSA) is 55.2 Å². The van der Waals surface area contributed by atoms with Crippen LogP contribution in [0.15, 0.2) is 35.4 Å². The predicted molar refractivity (Wildman–Crippen MR) is 93.1 cm³/mol. The summed E-state index contributed by atoms with van der Waals surface area (Å²) < 4.78 is 28.4. The van der Waals surface area contributed by atoms with Crippen LogP contribution < -0.4 is 5.56 Å². The fourth-order valence-corrected chi connectivity index (χ4v) is 4.13. The lowest BCUT2D eigenvalue weighted by molar-refractivity contribution is -0.137. The molecular formula is C19H21F2N3O2. The molecule has 2 aliphatic rings. The Kier molecular flexibility index (Phi) is 4.25. The molecule has 1 aliphatic carbocycles. The van der Waals surface area contributed by atoms with E-state index in [1.54, 1.807) is 27.9 Å². The van der Waals surface area contributed by atoms with Crippen LogP contribution in [0.25, 0.3) is 10.9 Å². The van der Waals surface area contributed by atoms with Gasteiger partial charge in [0.1, 0.15) is 0 Å². The molecule has 1 atom stereocenters. The molecule has 1 aromatic heterocycles.